The Morgan fingerprint density at radius 1 is 1.75 bits per heavy atom. The highest BCUT2D eigenvalue weighted by Gasteiger charge is 2.14. The maximum Gasteiger partial charge on any atom is 0.126 e. The van der Waals surface area contributed by atoms with E-state index in [4.69, 9.17) is 5.26 Å². The van der Waals surface area contributed by atoms with Crippen molar-refractivity contribution in [1.29, 1.82) is 5.26 Å². The van der Waals surface area contributed by atoms with Crippen LogP contribution in [-0.2, 0) is 4.79 Å². The SMILES string of the molecule is CC(C)(C=O)CC#N. The molecular weight excluding hydrogens is 102 g/mol. The molecule has 0 heterocycles. The van der Waals surface area contributed by atoms with Crippen LogP contribution in [0.4, 0.5) is 0 Å². The van der Waals surface area contributed by atoms with E-state index < -0.39 is 5.41 Å². The molecule has 0 bridgehead atoms. The summed E-state index contributed by atoms with van der Waals surface area (Å²) in [7, 11) is 0. The summed E-state index contributed by atoms with van der Waals surface area (Å²) in [6.07, 6.45) is 1.10. The predicted molar refractivity (Wildman–Crippen MR) is 30.1 cm³/mol. The van der Waals surface area contributed by atoms with E-state index in [1.54, 1.807) is 13.8 Å². The molecule has 0 aliphatic carbocycles. The van der Waals surface area contributed by atoms with Gasteiger partial charge < -0.3 is 4.79 Å². The monoisotopic (exact) mass is 111 g/mol. The van der Waals surface area contributed by atoms with Crippen LogP contribution < -0.4 is 0 Å². The summed E-state index contributed by atoms with van der Waals surface area (Å²) in [6.45, 7) is 3.48. The first-order valence-electron chi connectivity index (χ1n) is 2.46. The summed E-state index contributed by atoms with van der Waals surface area (Å²) in [6, 6.07) is 1.93. The van der Waals surface area contributed by atoms with Crippen LogP contribution in [0.2, 0.25) is 0 Å². The Hall–Kier alpha value is -0.840. The topological polar surface area (TPSA) is 40.9 Å². The molecule has 0 aromatic carbocycles. The van der Waals surface area contributed by atoms with Gasteiger partial charge in [-0.05, 0) is 0 Å². The number of aldehydes is 1. The van der Waals surface area contributed by atoms with Gasteiger partial charge in [-0.25, -0.2) is 0 Å². The largest absolute Gasteiger partial charge is 0.303 e. The van der Waals surface area contributed by atoms with E-state index in [-0.39, 0.29) is 0 Å². The van der Waals surface area contributed by atoms with E-state index in [0.29, 0.717) is 6.42 Å². The third kappa shape index (κ3) is 2.35. The van der Waals surface area contributed by atoms with Crippen LogP contribution in [0, 0.1) is 16.7 Å². The molecule has 0 N–H and O–H groups in total. The van der Waals surface area contributed by atoms with Crippen molar-refractivity contribution in [3.8, 4) is 6.07 Å². The van der Waals surface area contributed by atoms with Crippen LogP contribution in [0.3, 0.4) is 0 Å². The molecule has 0 aromatic rings. The first kappa shape index (κ1) is 7.16. The third-order valence-electron chi connectivity index (χ3n) is 0.854. The second-order valence-electron chi connectivity index (χ2n) is 2.44. The van der Waals surface area contributed by atoms with Crippen molar-refractivity contribution in [2.45, 2.75) is 20.3 Å². The summed E-state index contributed by atoms with van der Waals surface area (Å²) in [4.78, 5) is 10.1. The smallest absolute Gasteiger partial charge is 0.126 e. The summed E-state index contributed by atoms with van der Waals surface area (Å²) in [5.41, 5.74) is -0.450. The number of hydrogen-bond donors (Lipinski definition) is 0. The standard InChI is InChI=1S/C6H9NO/c1-6(2,5-8)3-4-7/h5H,3H2,1-2H3. The normalized spacial score (nSPS) is 10.1. The average molecular weight is 111 g/mol. The van der Waals surface area contributed by atoms with E-state index >= 15 is 0 Å². The molecule has 0 saturated carbocycles. The summed E-state index contributed by atoms with van der Waals surface area (Å²) >= 11 is 0. The molecule has 0 aliphatic heterocycles. The number of nitriles is 1. The molecule has 0 amide bonds. The Labute approximate surface area is 49.1 Å². The van der Waals surface area contributed by atoms with Crippen LogP contribution in [0.5, 0.6) is 0 Å². The minimum atomic E-state index is -0.450. The van der Waals surface area contributed by atoms with Crippen LogP contribution in [-0.4, -0.2) is 6.29 Å². The zero-order chi connectivity index (χ0) is 6.62. The van der Waals surface area contributed by atoms with Crippen molar-refractivity contribution in [2.24, 2.45) is 5.41 Å². The van der Waals surface area contributed by atoms with Crippen LogP contribution in [0.25, 0.3) is 0 Å². The first-order valence-corrected chi connectivity index (χ1v) is 2.46. The fourth-order valence-corrected chi connectivity index (χ4v) is 0.245. The molecule has 0 rings (SSSR count). The molecular formula is C6H9NO. The molecule has 0 unspecified atom stereocenters. The van der Waals surface area contributed by atoms with Gasteiger partial charge in [-0.15, -0.1) is 0 Å². The number of rotatable bonds is 2. The van der Waals surface area contributed by atoms with Crippen LogP contribution >= 0.6 is 0 Å². The van der Waals surface area contributed by atoms with Crippen molar-refractivity contribution < 1.29 is 4.79 Å². The van der Waals surface area contributed by atoms with Crippen molar-refractivity contribution >= 4 is 6.29 Å². The van der Waals surface area contributed by atoms with Crippen molar-refractivity contribution in [1.82, 2.24) is 0 Å². The second kappa shape index (κ2) is 2.46. The Kier molecular flexibility index (Phi) is 2.20. The molecule has 0 atom stereocenters. The lowest BCUT2D eigenvalue weighted by Crippen LogP contribution is -2.10. The van der Waals surface area contributed by atoms with E-state index in [2.05, 4.69) is 0 Å². The molecule has 0 aliphatic rings. The van der Waals surface area contributed by atoms with E-state index in [1.165, 1.54) is 0 Å². The van der Waals surface area contributed by atoms with E-state index in [9.17, 15) is 4.79 Å². The maximum atomic E-state index is 10.1. The van der Waals surface area contributed by atoms with Gasteiger partial charge in [0.25, 0.3) is 0 Å². The maximum absolute atomic E-state index is 10.1. The summed E-state index contributed by atoms with van der Waals surface area (Å²) in [5, 5.41) is 8.12. The van der Waals surface area contributed by atoms with Gasteiger partial charge in [0.05, 0.1) is 6.07 Å². The van der Waals surface area contributed by atoms with Crippen molar-refractivity contribution in [3.05, 3.63) is 0 Å². The number of carbonyl (C=O) groups is 1. The average Bonchev–Trinajstić information content (AvgIpc) is 1.67. The van der Waals surface area contributed by atoms with Crippen LogP contribution in [0.1, 0.15) is 20.3 Å². The van der Waals surface area contributed by atoms with Gasteiger partial charge in [0.1, 0.15) is 6.29 Å². The van der Waals surface area contributed by atoms with E-state index in [1.807, 2.05) is 6.07 Å². The quantitative estimate of drug-likeness (QED) is 0.501. The Balaban J connectivity index is 3.76. The van der Waals surface area contributed by atoms with Crippen LogP contribution in [0.15, 0.2) is 0 Å². The van der Waals surface area contributed by atoms with Gasteiger partial charge in [-0.1, -0.05) is 13.8 Å². The molecule has 0 fully saturated rings. The first-order chi connectivity index (χ1) is 3.62. The highest BCUT2D eigenvalue weighted by Crippen LogP contribution is 2.14. The van der Waals surface area contributed by atoms with Gasteiger partial charge in [-0.3, -0.25) is 0 Å². The highest BCUT2D eigenvalue weighted by molar-refractivity contribution is 5.58. The third-order valence-corrected chi connectivity index (χ3v) is 0.854. The van der Waals surface area contributed by atoms with Crippen molar-refractivity contribution in [3.63, 3.8) is 0 Å². The van der Waals surface area contributed by atoms with Gasteiger partial charge >= 0.3 is 0 Å². The Morgan fingerprint density at radius 3 is 2.38 bits per heavy atom. The molecule has 2 nitrogen and oxygen atoms in total. The molecule has 8 heavy (non-hydrogen) atoms. The zero-order valence-corrected chi connectivity index (χ0v) is 5.14. The molecule has 44 valence electrons. The summed E-state index contributed by atoms with van der Waals surface area (Å²) < 4.78 is 0. The molecule has 0 saturated heterocycles. The van der Waals surface area contributed by atoms with E-state index in [0.717, 1.165) is 6.29 Å². The highest BCUT2D eigenvalue weighted by atomic mass is 16.1. The van der Waals surface area contributed by atoms with Crippen molar-refractivity contribution in [2.75, 3.05) is 0 Å². The summed E-state index contributed by atoms with van der Waals surface area (Å²) in [5.74, 6) is 0. The predicted octanol–water partition coefficient (Wildman–Crippen LogP) is 1.13. The lowest BCUT2D eigenvalue weighted by Gasteiger charge is -2.08. The number of nitrogens with zero attached hydrogens (tertiary/aromatic N) is 1. The van der Waals surface area contributed by atoms with Gasteiger partial charge in [-0.2, -0.15) is 5.26 Å². The molecule has 0 aromatic heterocycles. The Morgan fingerprint density at radius 2 is 2.25 bits per heavy atom. The van der Waals surface area contributed by atoms with Gasteiger partial charge in [0.2, 0.25) is 0 Å². The lowest BCUT2D eigenvalue weighted by molar-refractivity contribution is -0.114. The number of hydrogen-bond acceptors (Lipinski definition) is 2. The second-order valence-corrected chi connectivity index (χ2v) is 2.44. The lowest BCUT2D eigenvalue weighted by atomic mass is 9.93. The minimum absolute atomic E-state index is 0.302. The Bertz CT molecular complexity index is 121. The minimum Gasteiger partial charge on any atom is -0.303 e. The van der Waals surface area contributed by atoms with Gasteiger partial charge in [0, 0.05) is 11.8 Å². The number of carbonyl (C=O) groups excluding carboxylic acids is 1. The zero-order valence-electron chi connectivity index (χ0n) is 5.14. The fraction of sp³-hybridized carbons (Fsp3) is 0.667. The molecule has 2 heteroatoms. The molecule has 0 radical (unpaired) electrons. The molecule has 0 spiro atoms. The van der Waals surface area contributed by atoms with Gasteiger partial charge in [0.15, 0.2) is 0 Å². The fourth-order valence-electron chi connectivity index (χ4n) is 0.245.